The molecule has 5 rings (SSSR count). The summed E-state index contributed by atoms with van der Waals surface area (Å²) in [5.41, 5.74) is 3.40. The van der Waals surface area contributed by atoms with E-state index in [9.17, 15) is 0 Å². The predicted octanol–water partition coefficient (Wildman–Crippen LogP) is 4.29. The highest BCUT2D eigenvalue weighted by Crippen LogP contribution is 2.33. The van der Waals surface area contributed by atoms with Gasteiger partial charge in [0.15, 0.2) is 17.2 Å². The zero-order valence-corrected chi connectivity index (χ0v) is 18.6. The second-order valence-corrected chi connectivity index (χ2v) is 7.50. The topological polar surface area (TPSA) is 93.7 Å². The summed E-state index contributed by atoms with van der Waals surface area (Å²) in [6.07, 6.45) is -0.0917. The van der Waals surface area contributed by atoms with Crippen LogP contribution in [0, 0.1) is 0 Å². The quantitative estimate of drug-likeness (QED) is 0.413. The van der Waals surface area contributed by atoms with E-state index in [1.807, 2.05) is 48.0 Å². The molecule has 0 N–H and O–H groups in total. The minimum atomic E-state index is -0.0917. The SMILES string of the molecule is CCOc1ccc(C2Cn3nc(-c4nc(-c5ccc(OC)c(OC)c5)no4)cc3CO2)cc1. The number of nitrogens with zero attached hydrogens (tertiary/aromatic N) is 4. The van der Waals surface area contributed by atoms with Crippen LogP contribution in [0.15, 0.2) is 53.1 Å². The van der Waals surface area contributed by atoms with Gasteiger partial charge in [0.25, 0.3) is 5.89 Å². The second-order valence-electron chi connectivity index (χ2n) is 7.50. The van der Waals surface area contributed by atoms with Crippen molar-refractivity contribution in [2.24, 2.45) is 0 Å². The first-order valence-corrected chi connectivity index (χ1v) is 10.7. The Balaban J connectivity index is 1.35. The molecule has 0 spiro atoms. The van der Waals surface area contributed by atoms with E-state index in [0.29, 0.717) is 48.7 Å². The molecule has 0 fully saturated rings. The molecular formula is C24H24N4O5. The number of hydrogen-bond donors (Lipinski definition) is 0. The maximum atomic E-state index is 6.07. The molecule has 1 aliphatic rings. The average molecular weight is 448 g/mol. The third-order valence-corrected chi connectivity index (χ3v) is 5.48. The predicted molar refractivity (Wildman–Crippen MR) is 119 cm³/mol. The summed E-state index contributed by atoms with van der Waals surface area (Å²) in [6.45, 7) is 3.65. The lowest BCUT2D eigenvalue weighted by Crippen LogP contribution is -2.21. The van der Waals surface area contributed by atoms with Crippen molar-refractivity contribution in [2.45, 2.75) is 26.2 Å². The van der Waals surface area contributed by atoms with Crippen LogP contribution in [0.4, 0.5) is 0 Å². The molecule has 9 heteroatoms. The van der Waals surface area contributed by atoms with E-state index in [2.05, 4.69) is 15.2 Å². The van der Waals surface area contributed by atoms with Crippen molar-refractivity contribution in [1.82, 2.24) is 19.9 Å². The van der Waals surface area contributed by atoms with Crippen LogP contribution in [0.1, 0.15) is 24.3 Å². The van der Waals surface area contributed by atoms with Crippen molar-refractivity contribution < 1.29 is 23.5 Å². The molecule has 2 aromatic heterocycles. The van der Waals surface area contributed by atoms with Crippen molar-refractivity contribution in [3.8, 4) is 40.2 Å². The molecule has 0 saturated heterocycles. The number of hydrogen-bond acceptors (Lipinski definition) is 8. The van der Waals surface area contributed by atoms with Gasteiger partial charge in [0.1, 0.15) is 11.9 Å². The summed E-state index contributed by atoms with van der Waals surface area (Å²) in [7, 11) is 3.18. The van der Waals surface area contributed by atoms with E-state index >= 15 is 0 Å². The Morgan fingerprint density at radius 1 is 1.03 bits per heavy atom. The molecule has 1 aliphatic heterocycles. The summed E-state index contributed by atoms with van der Waals surface area (Å²) in [4.78, 5) is 4.52. The van der Waals surface area contributed by atoms with Gasteiger partial charge in [0.2, 0.25) is 5.82 Å². The van der Waals surface area contributed by atoms with Gasteiger partial charge in [-0.3, -0.25) is 4.68 Å². The molecule has 33 heavy (non-hydrogen) atoms. The minimum Gasteiger partial charge on any atom is -0.494 e. The lowest BCUT2D eigenvalue weighted by molar-refractivity contribution is -0.00115. The fraction of sp³-hybridized carbons (Fsp3) is 0.292. The van der Waals surface area contributed by atoms with Crippen LogP contribution in [0.25, 0.3) is 23.0 Å². The Bertz CT molecular complexity index is 1250. The normalized spacial score (nSPS) is 15.2. The lowest BCUT2D eigenvalue weighted by atomic mass is 10.1. The standard InChI is InChI=1S/C24H24N4O5/c1-4-31-18-8-5-15(6-9-18)22-13-28-17(14-32-22)12-19(26-28)24-25-23(27-33-24)16-7-10-20(29-2)21(11-16)30-3/h5-12,22H,4,13-14H2,1-3H3. The van der Waals surface area contributed by atoms with E-state index in [1.54, 1.807) is 26.4 Å². The van der Waals surface area contributed by atoms with Crippen molar-refractivity contribution in [1.29, 1.82) is 0 Å². The molecule has 0 amide bonds. The zero-order valence-electron chi connectivity index (χ0n) is 18.6. The minimum absolute atomic E-state index is 0.0917. The first-order valence-electron chi connectivity index (χ1n) is 10.7. The maximum absolute atomic E-state index is 6.07. The van der Waals surface area contributed by atoms with Gasteiger partial charge >= 0.3 is 0 Å². The Morgan fingerprint density at radius 2 is 1.85 bits per heavy atom. The van der Waals surface area contributed by atoms with Crippen LogP contribution in [0.5, 0.6) is 17.2 Å². The van der Waals surface area contributed by atoms with Gasteiger partial charge in [0.05, 0.1) is 39.7 Å². The molecule has 2 aromatic carbocycles. The second kappa shape index (κ2) is 8.95. The molecule has 1 unspecified atom stereocenters. The fourth-order valence-corrected chi connectivity index (χ4v) is 3.80. The van der Waals surface area contributed by atoms with Crippen molar-refractivity contribution in [3.05, 3.63) is 59.8 Å². The number of benzene rings is 2. The number of methoxy groups -OCH3 is 2. The molecule has 170 valence electrons. The van der Waals surface area contributed by atoms with Gasteiger partial charge in [-0.1, -0.05) is 17.3 Å². The fourth-order valence-electron chi connectivity index (χ4n) is 3.80. The van der Waals surface area contributed by atoms with Gasteiger partial charge in [-0.15, -0.1) is 0 Å². The first-order chi connectivity index (χ1) is 16.2. The van der Waals surface area contributed by atoms with Crippen LogP contribution in [-0.2, 0) is 17.9 Å². The summed E-state index contributed by atoms with van der Waals surface area (Å²) >= 11 is 0. The summed E-state index contributed by atoms with van der Waals surface area (Å²) in [5.74, 6) is 2.87. The van der Waals surface area contributed by atoms with Crippen molar-refractivity contribution in [3.63, 3.8) is 0 Å². The summed E-state index contributed by atoms with van der Waals surface area (Å²) < 4.78 is 29.7. The number of rotatable bonds is 7. The van der Waals surface area contributed by atoms with Crippen molar-refractivity contribution >= 4 is 0 Å². The number of aromatic nitrogens is 4. The van der Waals surface area contributed by atoms with E-state index in [1.165, 1.54) is 0 Å². The molecular weight excluding hydrogens is 424 g/mol. The third-order valence-electron chi connectivity index (χ3n) is 5.48. The van der Waals surface area contributed by atoms with Crippen LogP contribution in [0.3, 0.4) is 0 Å². The van der Waals surface area contributed by atoms with Crippen molar-refractivity contribution in [2.75, 3.05) is 20.8 Å². The highest BCUT2D eigenvalue weighted by atomic mass is 16.5. The Kier molecular flexibility index (Phi) is 5.70. The van der Waals surface area contributed by atoms with Crippen LogP contribution in [0.2, 0.25) is 0 Å². The molecule has 9 nitrogen and oxygen atoms in total. The van der Waals surface area contributed by atoms with Crippen LogP contribution >= 0.6 is 0 Å². The van der Waals surface area contributed by atoms with E-state index < -0.39 is 0 Å². The van der Waals surface area contributed by atoms with Gasteiger partial charge < -0.3 is 23.5 Å². The highest BCUT2D eigenvalue weighted by molar-refractivity contribution is 5.62. The molecule has 0 radical (unpaired) electrons. The molecule has 4 aromatic rings. The largest absolute Gasteiger partial charge is 0.494 e. The Labute approximate surface area is 190 Å². The Hall–Kier alpha value is -3.85. The zero-order chi connectivity index (χ0) is 22.8. The smallest absolute Gasteiger partial charge is 0.278 e. The number of ether oxygens (including phenoxy) is 4. The van der Waals surface area contributed by atoms with E-state index in [-0.39, 0.29) is 6.10 Å². The van der Waals surface area contributed by atoms with Gasteiger partial charge in [-0.05, 0) is 48.9 Å². The molecule has 1 atom stereocenters. The van der Waals surface area contributed by atoms with E-state index in [0.717, 1.165) is 22.6 Å². The Morgan fingerprint density at radius 3 is 2.61 bits per heavy atom. The van der Waals surface area contributed by atoms with Gasteiger partial charge in [-0.25, -0.2) is 0 Å². The highest BCUT2D eigenvalue weighted by Gasteiger charge is 2.24. The molecule has 0 saturated carbocycles. The molecule has 0 bridgehead atoms. The lowest BCUT2D eigenvalue weighted by Gasteiger charge is -2.24. The summed E-state index contributed by atoms with van der Waals surface area (Å²) in [5, 5.41) is 8.79. The van der Waals surface area contributed by atoms with E-state index in [4.69, 9.17) is 23.5 Å². The molecule has 3 heterocycles. The monoisotopic (exact) mass is 448 g/mol. The number of fused-ring (bicyclic) bond motifs is 1. The van der Waals surface area contributed by atoms with Gasteiger partial charge in [0, 0.05) is 5.56 Å². The molecule has 0 aliphatic carbocycles. The average Bonchev–Trinajstić information content (AvgIpc) is 3.51. The van der Waals surface area contributed by atoms with Crippen LogP contribution < -0.4 is 14.2 Å². The van der Waals surface area contributed by atoms with Crippen LogP contribution in [-0.4, -0.2) is 40.7 Å². The first kappa shape index (κ1) is 21.0. The third kappa shape index (κ3) is 4.14. The summed E-state index contributed by atoms with van der Waals surface area (Å²) in [6, 6.07) is 15.3. The maximum Gasteiger partial charge on any atom is 0.278 e. The van der Waals surface area contributed by atoms with Gasteiger partial charge in [-0.2, -0.15) is 10.1 Å².